The van der Waals surface area contributed by atoms with E-state index in [4.69, 9.17) is 29.9 Å². The summed E-state index contributed by atoms with van der Waals surface area (Å²) in [7, 11) is 0. The maximum atomic E-state index is 5.44. The Morgan fingerprint density at radius 2 is 0.486 bits per heavy atom. The Bertz CT molecular complexity index is 8640. The number of aromatic nitrogens is 12. The summed E-state index contributed by atoms with van der Waals surface area (Å²) in [6.45, 7) is 27.8. The summed E-state index contributed by atoms with van der Waals surface area (Å²) in [5.74, 6) is 2.14. The van der Waals surface area contributed by atoms with E-state index in [0.717, 1.165) is 118 Å². The summed E-state index contributed by atoms with van der Waals surface area (Å²) in [5, 5.41) is 15.4. The summed E-state index contributed by atoms with van der Waals surface area (Å²) in [5.41, 5.74) is 32.5. The van der Waals surface area contributed by atoms with Crippen LogP contribution in [-0.2, 0) is 21.7 Å². The Hall–Kier alpha value is -17.0. The van der Waals surface area contributed by atoms with Gasteiger partial charge in [0, 0.05) is 101 Å². The maximum absolute atomic E-state index is 5.44. The molecular weight excluding hydrogens is 1710 g/mol. The predicted molar refractivity (Wildman–Crippen MR) is 584 cm³/mol. The topological polar surface area (TPSA) is 107 Å². The molecule has 0 aliphatic carbocycles. The van der Waals surface area contributed by atoms with E-state index in [1.807, 2.05) is 73.2 Å². The van der Waals surface area contributed by atoms with Crippen molar-refractivity contribution in [2.45, 2.75) is 105 Å². The number of hydrogen-bond donors (Lipinski definition) is 0. The number of benzene rings is 17. The van der Waals surface area contributed by atoms with E-state index in [-0.39, 0.29) is 21.7 Å². The quantitative estimate of drug-likeness (QED) is 0.113. The molecule has 0 unspecified atom stereocenters. The first-order valence-electron chi connectivity index (χ1n) is 48.5. The van der Waals surface area contributed by atoms with Crippen LogP contribution in [0.2, 0.25) is 0 Å². The number of hydrogen-bond acceptors (Lipinski definition) is 6. The molecule has 0 aliphatic heterocycles. The van der Waals surface area contributed by atoms with Gasteiger partial charge in [-0.3, -0.25) is 13.7 Å². The van der Waals surface area contributed by atoms with Crippen LogP contribution in [-0.4, -0.2) is 57.3 Å². The van der Waals surface area contributed by atoms with Crippen molar-refractivity contribution in [3.05, 3.63) is 423 Å². The zero-order valence-corrected chi connectivity index (χ0v) is 80.5. The van der Waals surface area contributed by atoms with E-state index in [1.165, 1.54) is 120 Å². The van der Waals surface area contributed by atoms with E-state index in [0.29, 0.717) is 17.5 Å². The van der Waals surface area contributed by atoms with E-state index in [2.05, 4.69) is 438 Å². The minimum absolute atomic E-state index is 0.0230. The molecule has 140 heavy (non-hydrogen) atoms. The summed E-state index contributed by atoms with van der Waals surface area (Å²) in [6, 6.07) is 139. The van der Waals surface area contributed by atoms with Crippen molar-refractivity contribution < 1.29 is 0 Å². The molecule has 9 heterocycles. The van der Waals surface area contributed by atoms with Gasteiger partial charge < -0.3 is 13.7 Å². The van der Waals surface area contributed by atoms with Gasteiger partial charge in [0.25, 0.3) is 0 Å². The summed E-state index contributed by atoms with van der Waals surface area (Å²) in [4.78, 5) is 31.3. The van der Waals surface area contributed by atoms with Crippen molar-refractivity contribution in [2.24, 2.45) is 0 Å². The lowest BCUT2D eigenvalue weighted by Gasteiger charge is -2.19. The zero-order chi connectivity index (χ0) is 94.9. The fourth-order valence-corrected chi connectivity index (χ4v) is 21.5. The van der Waals surface area contributed by atoms with Gasteiger partial charge in [-0.05, 0) is 251 Å². The van der Waals surface area contributed by atoms with Gasteiger partial charge in [0.15, 0.2) is 16.9 Å². The second-order valence-electron chi connectivity index (χ2n) is 41.6. The molecule has 12 nitrogen and oxygen atoms in total. The minimum Gasteiger partial charge on any atom is -0.309 e. The highest BCUT2D eigenvalue weighted by Crippen LogP contribution is 2.48. The normalized spacial score (nSPS) is 12.4. The first-order chi connectivity index (χ1) is 67.9. The highest BCUT2D eigenvalue weighted by molar-refractivity contribution is 6.24. The summed E-state index contributed by atoms with van der Waals surface area (Å²) < 4.78 is 14.1. The number of fused-ring (bicyclic) bond motifs is 12. The minimum atomic E-state index is 0.0230. The largest absolute Gasteiger partial charge is 0.309 e. The van der Waals surface area contributed by atoms with E-state index in [1.54, 1.807) is 0 Å². The number of para-hydroxylation sites is 3. The fourth-order valence-electron chi connectivity index (χ4n) is 21.5. The van der Waals surface area contributed by atoms with Crippen molar-refractivity contribution in [2.75, 3.05) is 0 Å². The standard InChI is InChI=1S/C68H63N3.C60H39N9/c1-65(2,3)44-20-28-57-53(34-44)54-35-45(66(4,5)6)21-29-58(54)69(57)48-24-26-51-52-27-25-49(70-59-30-22-46(67(7,8)9)36-55(59)56-37-47(68(10,11)12)23-31-60(56)70)39-62(52)71(61(51)38-48)50-32-42-18-16-40-14-13-15-41-17-19-43(33-50)64(42)63(40)41;1-4-19-40(20-5-1)46-25-10-13-31-52(46)67-55(64-49-28-16-34-61-58(49)67)43-37-44(56-65-50-29-17-35-62-59(50)68(56)53-32-14-11-26-47(53)41-21-6-2-7-22-41)39-45(38-43)57-66-51-30-18-36-63-60(51)69(57)54-33-15-12-27-48(54)42-23-8-3-9-24-42/h13-39H,1-12H3;1-39H. The van der Waals surface area contributed by atoms with Crippen molar-refractivity contribution in [1.29, 1.82) is 0 Å². The molecule has 12 heteroatoms. The Labute approximate surface area is 812 Å². The van der Waals surface area contributed by atoms with Crippen molar-refractivity contribution in [3.63, 3.8) is 0 Å². The molecule has 0 atom stereocenters. The van der Waals surface area contributed by atoms with Crippen LogP contribution in [0.1, 0.15) is 105 Å². The molecule has 0 radical (unpaired) electrons. The SMILES string of the molecule is CC(C)(C)c1ccc2c(c1)c1cc(C(C)(C)C)ccc1n2-c1ccc2c3ccc(-n4c5ccc(C(C)(C)C)cc5c5cc(C(C)(C)C)ccc54)cc3n(-c3cc4ccc5cccc6ccc(c3)c4c56)c2c1.c1ccc(-c2ccccc2-n2c(-c3cc(-c4nc5cccnc5n4-c4ccccc4-c4ccccc4)cc(-c4nc5cccnc5n4-c4ccccc4-c4ccccc4)c3)nc3cccnc32)cc1. The van der Waals surface area contributed by atoms with Gasteiger partial charge in [0.1, 0.15) is 34.0 Å². The number of imidazole rings is 3. The molecule has 0 spiro atoms. The molecule has 0 bridgehead atoms. The molecule has 0 N–H and O–H groups in total. The Kier molecular flexibility index (Phi) is 19.6. The molecular formula is C128H102N12. The zero-order valence-electron chi connectivity index (χ0n) is 80.5. The lowest BCUT2D eigenvalue weighted by Crippen LogP contribution is -2.10. The Morgan fingerprint density at radius 1 is 0.193 bits per heavy atom. The van der Waals surface area contributed by atoms with Crippen LogP contribution in [0.5, 0.6) is 0 Å². The van der Waals surface area contributed by atoms with Gasteiger partial charge >= 0.3 is 0 Å². The van der Waals surface area contributed by atoms with Gasteiger partial charge in [-0.15, -0.1) is 0 Å². The highest BCUT2D eigenvalue weighted by atomic mass is 15.2. The average molecular weight is 1810 g/mol. The summed E-state index contributed by atoms with van der Waals surface area (Å²) >= 11 is 0. The van der Waals surface area contributed by atoms with Crippen LogP contribution in [0.4, 0.5) is 0 Å². The van der Waals surface area contributed by atoms with Gasteiger partial charge in [-0.1, -0.05) is 308 Å². The molecule has 0 fully saturated rings. The smallest absolute Gasteiger partial charge is 0.164 e. The first-order valence-corrected chi connectivity index (χ1v) is 48.5. The van der Waals surface area contributed by atoms with Gasteiger partial charge in [-0.25, -0.2) is 29.9 Å². The van der Waals surface area contributed by atoms with Crippen LogP contribution in [0.3, 0.4) is 0 Å². The van der Waals surface area contributed by atoms with Gasteiger partial charge in [0.2, 0.25) is 0 Å². The van der Waals surface area contributed by atoms with E-state index in [9.17, 15) is 0 Å². The molecule has 26 aromatic rings. The maximum Gasteiger partial charge on any atom is 0.164 e. The van der Waals surface area contributed by atoms with Crippen LogP contribution in [0.15, 0.2) is 401 Å². The molecule has 674 valence electrons. The monoisotopic (exact) mass is 1810 g/mol. The third-order valence-electron chi connectivity index (χ3n) is 28.6. The van der Waals surface area contributed by atoms with Crippen LogP contribution >= 0.6 is 0 Å². The molecule has 0 aliphatic rings. The third-order valence-corrected chi connectivity index (χ3v) is 28.6. The van der Waals surface area contributed by atoms with Gasteiger partial charge in [0.05, 0.1) is 50.2 Å². The first kappa shape index (κ1) is 84.8. The van der Waals surface area contributed by atoms with Crippen LogP contribution in [0.25, 0.3) is 233 Å². The molecule has 17 aromatic carbocycles. The van der Waals surface area contributed by atoms with Gasteiger partial charge in [-0.2, -0.15) is 0 Å². The van der Waals surface area contributed by atoms with Crippen molar-refractivity contribution in [3.8, 4) is 102 Å². The number of nitrogens with zero attached hydrogens (tertiary/aromatic N) is 12. The fraction of sp³-hybridized carbons (Fsp3) is 0.125. The second-order valence-corrected chi connectivity index (χ2v) is 41.6. The third kappa shape index (κ3) is 14.2. The van der Waals surface area contributed by atoms with Crippen LogP contribution < -0.4 is 0 Å². The van der Waals surface area contributed by atoms with Crippen molar-refractivity contribution in [1.82, 2.24) is 57.3 Å². The van der Waals surface area contributed by atoms with Crippen LogP contribution in [0, 0.1) is 0 Å². The van der Waals surface area contributed by atoms with E-state index >= 15 is 0 Å². The molecule has 9 aromatic heterocycles. The van der Waals surface area contributed by atoms with Crippen molar-refractivity contribution >= 4 is 131 Å². The molecule has 0 saturated heterocycles. The number of pyridine rings is 3. The lowest BCUT2D eigenvalue weighted by atomic mass is 9.85. The predicted octanol–water partition coefficient (Wildman–Crippen LogP) is 33.0. The molecule has 0 amide bonds. The summed E-state index contributed by atoms with van der Waals surface area (Å²) in [6.07, 6.45) is 5.49. The average Bonchev–Trinajstić information content (AvgIpc) is 1.54. The number of rotatable bonds is 12. The Morgan fingerprint density at radius 3 is 0.807 bits per heavy atom. The highest BCUT2D eigenvalue weighted by Gasteiger charge is 2.31. The lowest BCUT2D eigenvalue weighted by molar-refractivity contribution is 0.590. The molecule has 0 saturated carbocycles. The van der Waals surface area contributed by atoms with E-state index < -0.39 is 0 Å². The second kappa shape index (κ2) is 32.4. The Balaban J connectivity index is 0.000000148. The molecule has 26 rings (SSSR count).